The number of allylic oxidation sites excluding steroid dienone is 13. The maximum absolute atomic E-state index is 5.59. The third-order valence-electron chi connectivity index (χ3n) is 12.6. The first-order valence-electron chi connectivity index (χ1n) is 18.9. The molecule has 1 N–H and O–H groups in total. The van der Waals surface area contributed by atoms with Crippen LogP contribution in [0.2, 0.25) is 24.2 Å². The lowest BCUT2D eigenvalue weighted by molar-refractivity contribution is 0.179. The molecule has 0 aromatic rings. The summed E-state index contributed by atoms with van der Waals surface area (Å²) >= 11 is 0. The summed E-state index contributed by atoms with van der Waals surface area (Å²) in [5, 5.41) is 3.75. The number of rotatable bonds is 5. The third kappa shape index (κ3) is 5.91. The number of amidine groups is 2. The molecule has 5 heteroatoms. The lowest BCUT2D eigenvalue weighted by atomic mass is 9.77. The van der Waals surface area contributed by atoms with E-state index in [4.69, 9.17) is 9.98 Å². The molecule has 0 bridgehead atoms. The Morgan fingerprint density at radius 1 is 0.792 bits per heavy atom. The predicted octanol–water partition coefficient (Wildman–Crippen LogP) is 10.1. The monoisotopic (exact) mass is 654 g/mol. The molecule has 0 saturated carbocycles. The van der Waals surface area contributed by atoms with Crippen LogP contribution >= 0.6 is 0 Å². The number of aliphatic imine (C=N–C) groups is 2. The topological polar surface area (TPSA) is 40.0 Å². The fourth-order valence-electron chi connectivity index (χ4n) is 9.95. The van der Waals surface area contributed by atoms with E-state index < -0.39 is 8.07 Å². The molecule has 2 aliphatic heterocycles. The van der Waals surface area contributed by atoms with Gasteiger partial charge in [0.25, 0.3) is 0 Å². The Hall–Kier alpha value is -3.44. The Labute approximate surface area is 290 Å². The number of hydrogen-bond donors (Lipinski definition) is 1. The highest BCUT2D eigenvalue weighted by Crippen LogP contribution is 2.55. The minimum Gasteiger partial charge on any atom is -0.362 e. The molecule has 1 saturated heterocycles. The van der Waals surface area contributed by atoms with Crippen molar-refractivity contribution in [2.24, 2.45) is 27.7 Å². The van der Waals surface area contributed by atoms with Gasteiger partial charge in [-0.25, -0.2) is 9.98 Å². The van der Waals surface area contributed by atoms with E-state index in [-0.39, 0.29) is 6.17 Å². The van der Waals surface area contributed by atoms with E-state index in [0.29, 0.717) is 35.4 Å². The van der Waals surface area contributed by atoms with E-state index in [9.17, 15) is 0 Å². The van der Waals surface area contributed by atoms with Gasteiger partial charge in [0, 0.05) is 17.3 Å². The lowest BCUT2D eigenvalue weighted by Crippen LogP contribution is -2.62. The van der Waals surface area contributed by atoms with Gasteiger partial charge < -0.3 is 10.2 Å². The number of nitrogens with zero attached hydrogens (tertiary/aromatic N) is 3. The molecule has 6 aliphatic carbocycles. The molecule has 0 amide bonds. The number of nitrogens with one attached hydrogen (secondary N) is 1. The molecule has 8 atom stereocenters. The molecule has 0 radical (unpaired) electrons. The lowest BCUT2D eigenvalue weighted by Gasteiger charge is -2.60. The molecule has 0 aromatic heterocycles. The van der Waals surface area contributed by atoms with Gasteiger partial charge in [0.05, 0.1) is 14.1 Å². The predicted molar refractivity (Wildman–Crippen MR) is 206 cm³/mol. The van der Waals surface area contributed by atoms with E-state index in [1.807, 2.05) is 0 Å². The van der Waals surface area contributed by atoms with Crippen molar-refractivity contribution in [2.45, 2.75) is 114 Å². The van der Waals surface area contributed by atoms with E-state index in [1.165, 1.54) is 36.0 Å². The van der Waals surface area contributed by atoms with Crippen molar-refractivity contribution >= 4 is 19.7 Å². The minimum atomic E-state index is -1.60. The van der Waals surface area contributed by atoms with Crippen molar-refractivity contribution in [3.05, 3.63) is 119 Å². The highest BCUT2D eigenvalue weighted by Gasteiger charge is 2.54. The van der Waals surface area contributed by atoms with Gasteiger partial charge in [-0.05, 0) is 97.8 Å². The van der Waals surface area contributed by atoms with Gasteiger partial charge in [-0.1, -0.05) is 124 Å². The summed E-state index contributed by atoms with van der Waals surface area (Å²) in [5.41, 5.74) is 8.49. The molecule has 1 fully saturated rings. The van der Waals surface area contributed by atoms with Crippen LogP contribution in [0.4, 0.5) is 0 Å². The van der Waals surface area contributed by atoms with Gasteiger partial charge in [0.2, 0.25) is 0 Å². The van der Waals surface area contributed by atoms with Crippen LogP contribution in [0.25, 0.3) is 0 Å². The molecule has 0 aromatic carbocycles. The molecule has 2 heterocycles. The molecular weight excluding hydrogens is 601 g/mol. The molecular formula is C43H54N4Si. The van der Waals surface area contributed by atoms with Crippen LogP contribution in [-0.4, -0.2) is 42.9 Å². The highest BCUT2D eigenvalue weighted by molar-refractivity contribution is 6.81. The van der Waals surface area contributed by atoms with Crippen LogP contribution in [-0.2, 0) is 0 Å². The molecule has 250 valence electrons. The highest BCUT2D eigenvalue weighted by atomic mass is 28.3. The van der Waals surface area contributed by atoms with Gasteiger partial charge in [-0.15, -0.1) is 0 Å². The number of hydrogen-bond acceptors (Lipinski definition) is 4. The zero-order valence-electron chi connectivity index (χ0n) is 29.5. The average molecular weight is 655 g/mol. The normalized spacial score (nSPS) is 36.8. The molecule has 48 heavy (non-hydrogen) atoms. The van der Waals surface area contributed by atoms with Crippen molar-refractivity contribution in [3.63, 3.8) is 0 Å². The quantitative estimate of drug-likeness (QED) is 0.237. The largest absolute Gasteiger partial charge is 0.362 e. The van der Waals surface area contributed by atoms with Crippen LogP contribution in [0.15, 0.2) is 129 Å². The molecule has 0 spiro atoms. The summed E-state index contributed by atoms with van der Waals surface area (Å²) in [6.45, 7) is 10.1. The molecule has 4 nitrogen and oxygen atoms in total. The van der Waals surface area contributed by atoms with Crippen molar-refractivity contribution in [1.82, 2.24) is 10.2 Å². The Bertz CT molecular complexity index is 1690. The second-order valence-electron chi connectivity index (χ2n) is 16.2. The summed E-state index contributed by atoms with van der Waals surface area (Å²) < 4.78 is 0. The van der Waals surface area contributed by atoms with Crippen LogP contribution in [0.1, 0.15) is 71.6 Å². The van der Waals surface area contributed by atoms with Crippen LogP contribution < -0.4 is 5.32 Å². The fourth-order valence-corrected chi connectivity index (χ4v) is 14.3. The third-order valence-corrected chi connectivity index (χ3v) is 17.3. The van der Waals surface area contributed by atoms with Crippen LogP contribution in [0.3, 0.4) is 0 Å². The second-order valence-corrected chi connectivity index (χ2v) is 21.2. The number of fused-ring (bicyclic) bond motifs is 2. The Morgan fingerprint density at radius 2 is 1.67 bits per heavy atom. The van der Waals surface area contributed by atoms with Crippen molar-refractivity contribution in [1.29, 1.82) is 0 Å². The SMILES string of the molecule is CC1C=CC=C(C2=NC(C3=C(N4C5C=CC=CC5[Si](C)(C)C5CC(C)C=CC54)CCC(C4=CC=CCC4)C3)N=C(C3=CCCC=C3)N2)C1. The molecule has 8 aliphatic rings. The van der Waals surface area contributed by atoms with Crippen molar-refractivity contribution < 1.29 is 0 Å². The average Bonchev–Trinajstić information content (AvgIpc) is 3.13. The van der Waals surface area contributed by atoms with Crippen molar-refractivity contribution in [2.75, 3.05) is 0 Å². The van der Waals surface area contributed by atoms with Gasteiger partial charge in [-0.3, -0.25) is 0 Å². The first kappa shape index (κ1) is 31.8. The van der Waals surface area contributed by atoms with Crippen molar-refractivity contribution in [3.8, 4) is 0 Å². The fraction of sp³-hybridized carbons (Fsp3) is 0.488. The summed E-state index contributed by atoms with van der Waals surface area (Å²) in [6.07, 6.45) is 45.6. The Morgan fingerprint density at radius 3 is 2.48 bits per heavy atom. The summed E-state index contributed by atoms with van der Waals surface area (Å²) in [6, 6.07) is 0.849. The summed E-state index contributed by atoms with van der Waals surface area (Å²) in [4.78, 5) is 14.1. The Kier molecular flexibility index (Phi) is 8.69. The van der Waals surface area contributed by atoms with E-state index in [2.05, 4.69) is 128 Å². The maximum Gasteiger partial charge on any atom is 0.167 e. The Balaban J connectivity index is 1.29. The molecule has 8 unspecified atom stereocenters. The first-order valence-corrected chi connectivity index (χ1v) is 22.1. The van der Waals surface area contributed by atoms with E-state index >= 15 is 0 Å². The zero-order valence-corrected chi connectivity index (χ0v) is 30.5. The maximum atomic E-state index is 5.59. The first-order chi connectivity index (χ1) is 23.4. The van der Waals surface area contributed by atoms with Crippen LogP contribution in [0.5, 0.6) is 0 Å². The zero-order chi connectivity index (χ0) is 32.8. The second kappa shape index (κ2) is 13.1. The van der Waals surface area contributed by atoms with E-state index in [1.54, 1.807) is 11.3 Å². The van der Waals surface area contributed by atoms with Gasteiger partial charge in [0.1, 0.15) is 11.7 Å². The summed E-state index contributed by atoms with van der Waals surface area (Å²) in [7, 11) is -1.60. The summed E-state index contributed by atoms with van der Waals surface area (Å²) in [5.74, 6) is 3.72. The smallest absolute Gasteiger partial charge is 0.167 e. The molecule has 8 rings (SSSR count). The van der Waals surface area contributed by atoms with Gasteiger partial charge >= 0.3 is 0 Å². The standard InChI is InChI=1S/C43H54N4Si/c1-29-14-13-19-34(26-29)42-44-41(32-17-9-6-10-18-32)45-43(46-42)35-28-33(31-15-7-5-8-16-31)23-25-36(35)47-37-20-11-12-21-39(37)48(3,4)40-27-30(2)22-24-38(40)47/h5,7,9,11-15,17-22,24,29-30,33,37-40,43H,6,8,10,16,23,25-28H2,1-4H3,(H,44,45,46). The van der Waals surface area contributed by atoms with Gasteiger partial charge in [0.15, 0.2) is 6.17 Å². The minimum absolute atomic E-state index is 0.217. The van der Waals surface area contributed by atoms with E-state index in [0.717, 1.165) is 55.7 Å². The van der Waals surface area contributed by atoms with Gasteiger partial charge in [-0.2, -0.15) is 0 Å². The van der Waals surface area contributed by atoms with Crippen LogP contribution in [0, 0.1) is 17.8 Å².